The molecule has 5 rings (SSSR count). The summed E-state index contributed by atoms with van der Waals surface area (Å²) in [6, 6.07) is 6.83. The number of nitrogens with one attached hydrogen (secondary N) is 2. The number of fused-ring (bicyclic) bond motifs is 1. The number of amides is 2. The molecule has 0 aliphatic carbocycles. The zero-order valence-corrected chi connectivity index (χ0v) is 21.8. The molecular weight excluding hydrogens is 488 g/mol. The highest BCUT2D eigenvalue weighted by atomic mass is 16.5. The van der Waals surface area contributed by atoms with E-state index >= 15 is 0 Å². The highest BCUT2D eigenvalue weighted by Crippen LogP contribution is 2.32. The van der Waals surface area contributed by atoms with Crippen molar-refractivity contribution in [3.63, 3.8) is 0 Å². The number of benzene rings is 1. The van der Waals surface area contributed by atoms with Crippen LogP contribution < -0.4 is 15.5 Å². The summed E-state index contributed by atoms with van der Waals surface area (Å²) < 4.78 is 7.56. The van der Waals surface area contributed by atoms with Crippen molar-refractivity contribution in [1.82, 2.24) is 30.0 Å². The zero-order chi connectivity index (χ0) is 26.6. The number of carboxylic acid groups (broad SMARTS) is 1. The maximum atomic E-state index is 11.7. The van der Waals surface area contributed by atoms with E-state index in [4.69, 9.17) is 19.8 Å². The summed E-state index contributed by atoms with van der Waals surface area (Å²) in [5.41, 5.74) is 2.28. The van der Waals surface area contributed by atoms with Crippen LogP contribution in [0, 0.1) is 0 Å². The largest absolute Gasteiger partial charge is 0.480 e. The summed E-state index contributed by atoms with van der Waals surface area (Å²) in [5.74, 6) is 0.655. The molecule has 12 heteroatoms. The quantitative estimate of drug-likeness (QED) is 0.427. The lowest BCUT2D eigenvalue weighted by Gasteiger charge is -2.35. The first-order valence-electron chi connectivity index (χ1n) is 13.1. The number of carbonyl (C=O) groups is 2. The van der Waals surface area contributed by atoms with Crippen molar-refractivity contribution in [3.8, 4) is 11.4 Å². The van der Waals surface area contributed by atoms with Gasteiger partial charge >= 0.3 is 12.0 Å². The predicted molar refractivity (Wildman–Crippen MR) is 143 cm³/mol. The average molecular weight is 523 g/mol. The van der Waals surface area contributed by atoms with Crippen LogP contribution in [0.5, 0.6) is 0 Å². The standard InChI is InChI=1S/C26H34N8O4/c1-3-21(25(35)36)32-10-8-19(9-11-32)34-24-20(16-28-34)23(33-12-14-38-15-13-33)30-22(31-24)17-4-6-18(7-5-17)29-26(37)27-2/h4-7,16,19,21H,3,8-15H2,1-2H3,(H,35,36)(H2,27,29,37). The number of likely N-dealkylation sites (tertiary alicyclic amines) is 1. The molecule has 1 atom stereocenters. The van der Waals surface area contributed by atoms with Gasteiger partial charge in [0.2, 0.25) is 0 Å². The van der Waals surface area contributed by atoms with Crippen LogP contribution in [0.3, 0.4) is 0 Å². The Morgan fingerprint density at radius 1 is 1.11 bits per heavy atom. The second-order valence-electron chi connectivity index (χ2n) is 9.61. The number of anilines is 2. The molecular formula is C26H34N8O4. The third kappa shape index (κ3) is 5.27. The minimum absolute atomic E-state index is 0.120. The first-order chi connectivity index (χ1) is 18.5. The number of hydrogen-bond donors (Lipinski definition) is 3. The summed E-state index contributed by atoms with van der Waals surface area (Å²) >= 11 is 0. The molecule has 1 aromatic carbocycles. The van der Waals surface area contributed by atoms with Crippen molar-refractivity contribution in [2.45, 2.75) is 38.3 Å². The molecule has 2 aromatic heterocycles. The lowest BCUT2D eigenvalue weighted by atomic mass is 10.0. The van der Waals surface area contributed by atoms with E-state index in [1.54, 1.807) is 7.05 Å². The molecule has 2 aliphatic rings. The van der Waals surface area contributed by atoms with E-state index in [0.717, 1.165) is 48.3 Å². The summed E-state index contributed by atoms with van der Waals surface area (Å²) in [4.78, 5) is 37.5. The smallest absolute Gasteiger partial charge is 0.320 e. The van der Waals surface area contributed by atoms with Crippen LogP contribution in [0.2, 0.25) is 0 Å². The maximum Gasteiger partial charge on any atom is 0.320 e. The van der Waals surface area contributed by atoms with Gasteiger partial charge in [-0.2, -0.15) is 5.10 Å². The summed E-state index contributed by atoms with van der Waals surface area (Å²) in [5, 5.41) is 20.5. The average Bonchev–Trinajstić information content (AvgIpc) is 3.38. The number of carboxylic acids is 1. The number of morpholine rings is 1. The summed E-state index contributed by atoms with van der Waals surface area (Å²) in [6.07, 6.45) is 4.03. The minimum Gasteiger partial charge on any atom is -0.480 e. The number of rotatable bonds is 7. The first kappa shape index (κ1) is 25.9. The molecule has 202 valence electrons. The molecule has 0 radical (unpaired) electrons. The van der Waals surface area contributed by atoms with E-state index in [1.807, 2.05) is 42.1 Å². The number of urea groups is 1. The number of aliphatic carboxylic acids is 1. The van der Waals surface area contributed by atoms with Gasteiger partial charge in [0, 0.05) is 44.5 Å². The van der Waals surface area contributed by atoms with Gasteiger partial charge in [0.15, 0.2) is 11.5 Å². The van der Waals surface area contributed by atoms with Crippen molar-refractivity contribution in [3.05, 3.63) is 30.5 Å². The van der Waals surface area contributed by atoms with Gasteiger partial charge in [0.25, 0.3) is 0 Å². The molecule has 2 aliphatic heterocycles. The molecule has 2 amide bonds. The molecule has 12 nitrogen and oxygen atoms in total. The van der Waals surface area contributed by atoms with E-state index in [0.29, 0.717) is 44.2 Å². The predicted octanol–water partition coefficient (Wildman–Crippen LogP) is 2.58. The molecule has 2 fully saturated rings. The Morgan fingerprint density at radius 3 is 2.45 bits per heavy atom. The van der Waals surface area contributed by atoms with E-state index in [1.165, 1.54) is 0 Å². The van der Waals surface area contributed by atoms with Gasteiger partial charge < -0.3 is 25.4 Å². The highest BCUT2D eigenvalue weighted by molar-refractivity contribution is 5.90. The molecule has 2 saturated heterocycles. The van der Waals surface area contributed by atoms with E-state index in [9.17, 15) is 14.7 Å². The number of carbonyl (C=O) groups excluding carboxylic acids is 1. The van der Waals surface area contributed by atoms with Crippen molar-refractivity contribution in [2.75, 3.05) is 56.7 Å². The Bertz CT molecular complexity index is 1280. The van der Waals surface area contributed by atoms with Crippen LogP contribution in [-0.2, 0) is 9.53 Å². The van der Waals surface area contributed by atoms with Gasteiger partial charge in [-0.1, -0.05) is 6.92 Å². The van der Waals surface area contributed by atoms with Gasteiger partial charge in [-0.25, -0.2) is 19.4 Å². The number of piperidine rings is 1. The fourth-order valence-electron chi connectivity index (χ4n) is 5.25. The Kier molecular flexibility index (Phi) is 7.70. The first-order valence-corrected chi connectivity index (χ1v) is 13.1. The van der Waals surface area contributed by atoms with Gasteiger partial charge in [-0.3, -0.25) is 9.69 Å². The molecule has 0 bridgehead atoms. The molecule has 1 unspecified atom stereocenters. The summed E-state index contributed by atoms with van der Waals surface area (Å²) in [6.45, 7) is 6.05. The Hall–Kier alpha value is -3.77. The Balaban J connectivity index is 1.48. The van der Waals surface area contributed by atoms with E-state index in [-0.39, 0.29) is 12.1 Å². The Morgan fingerprint density at radius 2 is 1.82 bits per heavy atom. The number of hydrogen-bond acceptors (Lipinski definition) is 8. The van der Waals surface area contributed by atoms with Gasteiger partial charge in [-0.05, 0) is 43.5 Å². The van der Waals surface area contributed by atoms with Crippen molar-refractivity contribution >= 4 is 34.5 Å². The van der Waals surface area contributed by atoms with Crippen molar-refractivity contribution in [2.24, 2.45) is 0 Å². The summed E-state index contributed by atoms with van der Waals surface area (Å²) in [7, 11) is 1.57. The monoisotopic (exact) mass is 522 g/mol. The van der Waals surface area contributed by atoms with E-state index in [2.05, 4.69) is 20.4 Å². The second-order valence-corrected chi connectivity index (χ2v) is 9.61. The molecule has 0 saturated carbocycles. The molecule has 0 spiro atoms. The molecule has 4 heterocycles. The highest BCUT2D eigenvalue weighted by Gasteiger charge is 2.31. The third-order valence-corrected chi connectivity index (χ3v) is 7.33. The van der Waals surface area contributed by atoms with Crippen LogP contribution in [0.1, 0.15) is 32.2 Å². The van der Waals surface area contributed by atoms with Crippen LogP contribution in [0.4, 0.5) is 16.3 Å². The van der Waals surface area contributed by atoms with E-state index < -0.39 is 12.0 Å². The topological polar surface area (TPSA) is 138 Å². The lowest BCUT2D eigenvalue weighted by Crippen LogP contribution is -2.45. The van der Waals surface area contributed by atoms with Crippen LogP contribution in [0.25, 0.3) is 22.4 Å². The fraction of sp³-hybridized carbons (Fsp3) is 0.500. The van der Waals surface area contributed by atoms with Gasteiger partial charge in [0.05, 0.1) is 30.8 Å². The SMILES string of the molecule is CCC(C(=O)O)N1CCC(n2ncc3c(N4CCOCC4)nc(-c4ccc(NC(=O)NC)cc4)nc32)CC1. The fourth-order valence-corrected chi connectivity index (χ4v) is 5.25. The van der Waals surface area contributed by atoms with Gasteiger partial charge in [0.1, 0.15) is 11.9 Å². The van der Waals surface area contributed by atoms with Crippen molar-refractivity contribution < 1.29 is 19.4 Å². The van der Waals surface area contributed by atoms with Gasteiger partial charge in [-0.15, -0.1) is 0 Å². The number of ether oxygens (including phenoxy) is 1. The van der Waals surface area contributed by atoms with Crippen LogP contribution in [-0.4, -0.2) is 94.2 Å². The second kappa shape index (κ2) is 11.3. The maximum absolute atomic E-state index is 11.7. The molecule has 38 heavy (non-hydrogen) atoms. The number of aromatic nitrogens is 4. The van der Waals surface area contributed by atoms with Crippen LogP contribution >= 0.6 is 0 Å². The third-order valence-electron chi connectivity index (χ3n) is 7.33. The number of nitrogens with zero attached hydrogens (tertiary/aromatic N) is 6. The Labute approximate surface area is 221 Å². The van der Waals surface area contributed by atoms with Crippen LogP contribution in [0.15, 0.2) is 30.5 Å². The van der Waals surface area contributed by atoms with Crippen molar-refractivity contribution in [1.29, 1.82) is 0 Å². The normalized spacial score (nSPS) is 17.9. The lowest BCUT2D eigenvalue weighted by molar-refractivity contribution is -0.144. The molecule has 3 N–H and O–H groups in total. The minimum atomic E-state index is -0.764. The molecule has 3 aromatic rings. The zero-order valence-electron chi connectivity index (χ0n) is 21.8.